The fourth-order valence-electron chi connectivity index (χ4n) is 2.48. The van der Waals surface area contributed by atoms with Crippen molar-refractivity contribution in [1.29, 1.82) is 0 Å². The number of benzene rings is 2. The third kappa shape index (κ3) is 3.71. The highest BCUT2D eigenvalue weighted by Gasteiger charge is 2.35. The summed E-state index contributed by atoms with van der Waals surface area (Å²) >= 11 is 6.03. The Morgan fingerprint density at radius 1 is 1.14 bits per heavy atom. The molecular weight excluding hydrogens is 423 g/mol. The van der Waals surface area contributed by atoms with E-state index in [0.717, 1.165) is 0 Å². The Morgan fingerprint density at radius 2 is 1.86 bits per heavy atom. The second-order valence-corrected chi connectivity index (χ2v) is 7.60. The lowest BCUT2D eigenvalue weighted by molar-refractivity contribution is -0.388. The summed E-state index contributed by atoms with van der Waals surface area (Å²) in [4.78, 5) is 13.1. The molecule has 0 fully saturated rings. The van der Waals surface area contributed by atoms with Crippen LogP contribution in [0.1, 0.15) is 5.56 Å². The second-order valence-electron chi connectivity index (χ2n) is 5.54. The van der Waals surface area contributed by atoms with Crippen LogP contribution >= 0.6 is 11.6 Å². The fourth-order valence-corrected chi connectivity index (χ4v) is 3.92. The van der Waals surface area contributed by atoms with E-state index < -0.39 is 37.3 Å². The maximum Gasteiger partial charge on any atom is 0.416 e. The van der Waals surface area contributed by atoms with Crippen molar-refractivity contribution < 1.29 is 26.5 Å². The van der Waals surface area contributed by atoms with E-state index in [1.807, 2.05) is 0 Å². The van der Waals surface area contributed by atoms with Crippen molar-refractivity contribution in [2.24, 2.45) is 0 Å². The Kier molecular flexibility index (Phi) is 4.90. The van der Waals surface area contributed by atoms with Gasteiger partial charge in [0.15, 0.2) is 4.90 Å². The molecule has 2 aromatic carbocycles. The van der Waals surface area contributed by atoms with E-state index in [2.05, 4.69) is 9.71 Å². The summed E-state index contributed by atoms with van der Waals surface area (Å²) in [5.41, 5.74) is -2.40. The van der Waals surface area contributed by atoms with Crippen LogP contribution in [-0.4, -0.2) is 18.3 Å². The number of sulfonamides is 1. The number of rotatable bonds is 4. The third-order valence-electron chi connectivity index (χ3n) is 3.73. The first-order valence-electron chi connectivity index (χ1n) is 7.42. The molecule has 1 N–H and O–H groups in total. The maximum atomic E-state index is 12.8. The lowest BCUT2D eigenvalue weighted by Crippen LogP contribution is -2.16. The van der Waals surface area contributed by atoms with Gasteiger partial charge in [-0.25, -0.2) is 8.42 Å². The smallest absolute Gasteiger partial charge is 0.277 e. The molecule has 1 aromatic heterocycles. The summed E-state index contributed by atoms with van der Waals surface area (Å²) in [5.74, 6) is 0. The zero-order valence-electron chi connectivity index (χ0n) is 13.6. The number of alkyl halides is 3. The number of pyridine rings is 1. The van der Waals surface area contributed by atoms with Gasteiger partial charge in [0.2, 0.25) is 0 Å². The van der Waals surface area contributed by atoms with E-state index in [0.29, 0.717) is 22.5 Å². The number of nitro groups is 1. The van der Waals surface area contributed by atoms with Crippen molar-refractivity contribution in [2.45, 2.75) is 11.1 Å². The monoisotopic (exact) mass is 431 g/mol. The number of hydrogen-bond donors (Lipinski definition) is 1. The number of halogens is 4. The molecule has 0 unspecified atom stereocenters. The minimum atomic E-state index is -4.86. The lowest BCUT2D eigenvalue weighted by Gasteiger charge is -2.12. The van der Waals surface area contributed by atoms with Crippen molar-refractivity contribution in [3.8, 4) is 0 Å². The number of nitro benzene ring substituents is 1. The molecule has 0 bridgehead atoms. The van der Waals surface area contributed by atoms with E-state index in [1.54, 1.807) is 12.1 Å². The Morgan fingerprint density at radius 3 is 2.50 bits per heavy atom. The van der Waals surface area contributed by atoms with E-state index in [1.165, 1.54) is 18.3 Å². The van der Waals surface area contributed by atoms with E-state index in [-0.39, 0.29) is 17.3 Å². The molecule has 0 radical (unpaired) electrons. The summed E-state index contributed by atoms with van der Waals surface area (Å²) < 4.78 is 65.9. The zero-order chi connectivity index (χ0) is 20.7. The number of hydrogen-bond acceptors (Lipinski definition) is 5. The molecule has 12 heteroatoms. The zero-order valence-corrected chi connectivity index (χ0v) is 15.1. The minimum Gasteiger partial charge on any atom is -0.277 e. The van der Waals surface area contributed by atoms with Crippen LogP contribution in [0.4, 0.5) is 24.5 Å². The van der Waals surface area contributed by atoms with Crippen molar-refractivity contribution in [2.75, 3.05) is 4.72 Å². The molecule has 0 amide bonds. The first kappa shape index (κ1) is 19.8. The van der Waals surface area contributed by atoms with Gasteiger partial charge in [-0.05, 0) is 36.4 Å². The highest BCUT2D eigenvalue weighted by Crippen LogP contribution is 2.36. The molecule has 28 heavy (non-hydrogen) atoms. The molecule has 7 nitrogen and oxygen atoms in total. The van der Waals surface area contributed by atoms with Crippen LogP contribution in [0, 0.1) is 10.1 Å². The lowest BCUT2D eigenvalue weighted by atomic mass is 10.2. The van der Waals surface area contributed by atoms with Gasteiger partial charge in [-0.2, -0.15) is 13.2 Å². The number of fused-ring (bicyclic) bond motifs is 1. The second kappa shape index (κ2) is 6.91. The van der Waals surface area contributed by atoms with Crippen LogP contribution in [-0.2, 0) is 16.2 Å². The molecule has 146 valence electrons. The molecule has 0 aliphatic heterocycles. The highest BCUT2D eigenvalue weighted by atomic mass is 35.5. The predicted octanol–water partition coefficient (Wildman–Crippen LogP) is 4.62. The Hall–Kier alpha value is -2.92. The quantitative estimate of drug-likeness (QED) is 0.480. The first-order chi connectivity index (χ1) is 13.0. The topological polar surface area (TPSA) is 102 Å². The largest absolute Gasteiger partial charge is 0.416 e. The summed E-state index contributed by atoms with van der Waals surface area (Å²) in [6.45, 7) is 0. The summed E-state index contributed by atoms with van der Waals surface area (Å²) in [5, 5.41) is 11.9. The van der Waals surface area contributed by atoms with Crippen molar-refractivity contribution in [3.05, 3.63) is 69.4 Å². The molecule has 0 aliphatic rings. The van der Waals surface area contributed by atoms with E-state index in [4.69, 9.17) is 11.6 Å². The van der Waals surface area contributed by atoms with Crippen LogP contribution in [0.2, 0.25) is 5.02 Å². The summed E-state index contributed by atoms with van der Waals surface area (Å²) in [6.07, 6.45) is -3.48. The molecule has 3 rings (SSSR count). The molecule has 0 atom stereocenters. The Labute approximate surface area is 161 Å². The Bertz CT molecular complexity index is 1200. The molecule has 3 aromatic rings. The SMILES string of the molecule is O=[N+]([O-])c1cc(C(F)(F)F)ccc1S(=O)(=O)Nc1ccc(Cl)c2cccnc12. The van der Waals surface area contributed by atoms with Gasteiger partial charge >= 0.3 is 6.18 Å². The molecule has 0 saturated carbocycles. The van der Waals surface area contributed by atoms with Crippen molar-refractivity contribution in [3.63, 3.8) is 0 Å². The van der Waals surface area contributed by atoms with Crippen LogP contribution < -0.4 is 4.72 Å². The molecule has 0 saturated heterocycles. The maximum absolute atomic E-state index is 12.8. The van der Waals surface area contributed by atoms with Crippen LogP contribution in [0.5, 0.6) is 0 Å². The first-order valence-corrected chi connectivity index (χ1v) is 9.28. The van der Waals surface area contributed by atoms with Gasteiger partial charge in [0, 0.05) is 17.6 Å². The minimum absolute atomic E-state index is 0.0332. The van der Waals surface area contributed by atoms with Gasteiger partial charge in [0.1, 0.15) is 0 Å². The van der Waals surface area contributed by atoms with Gasteiger partial charge in [0.05, 0.1) is 26.7 Å². The summed E-state index contributed by atoms with van der Waals surface area (Å²) in [7, 11) is -4.60. The van der Waals surface area contributed by atoms with Crippen molar-refractivity contribution >= 4 is 43.9 Å². The third-order valence-corrected chi connectivity index (χ3v) is 5.48. The average molecular weight is 432 g/mol. The van der Waals surface area contributed by atoms with Gasteiger partial charge in [-0.3, -0.25) is 19.8 Å². The van der Waals surface area contributed by atoms with E-state index >= 15 is 0 Å². The molecular formula is C16H9ClF3N3O4S. The number of anilines is 1. The molecule has 1 heterocycles. The van der Waals surface area contributed by atoms with Crippen LogP contribution in [0.15, 0.2) is 53.6 Å². The summed E-state index contributed by atoms with van der Waals surface area (Å²) in [6, 6.07) is 7.02. The fraction of sp³-hybridized carbons (Fsp3) is 0.0625. The highest BCUT2D eigenvalue weighted by molar-refractivity contribution is 7.92. The van der Waals surface area contributed by atoms with Crippen LogP contribution in [0.25, 0.3) is 10.9 Å². The number of aromatic nitrogens is 1. The van der Waals surface area contributed by atoms with Crippen LogP contribution in [0.3, 0.4) is 0 Å². The molecule has 0 spiro atoms. The average Bonchev–Trinajstić information content (AvgIpc) is 2.63. The van der Waals surface area contributed by atoms with Gasteiger partial charge in [0.25, 0.3) is 15.7 Å². The van der Waals surface area contributed by atoms with E-state index in [9.17, 15) is 31.7 Å². The standard InChI is InChI=1S/C16H9ClF3N3O4S/c17-11-4-5-12(15-10(11)2-1-7-21-15)22-28(26,27)14-6-3-9(16(18,19)20)8-13(14)23(24)25/h1-8,22H. The number of nitrogens with zero attached hydrogens (tertiary/aromatic N) is 2. The van der Waals surface area contributed by atoms with Crippen molar-refractivity contribution in [1.82, 2.24) is 4.98 Å². The molecule has 0 aliphatic carbocycles. The van der Waals surface area contributed by atoms with Gasteiger partial charge in [-0.15, -0.1) is 0 Å². The van der Waals surface area contributed by atoms with Gasteiger partial charge < -0.3 is 0 Å². The predicted molar refractivity (Wildman–Crippen MR) is 95.7 cm³/mol. The normalized spacial score (nSPS) is 12.1. The Balaban J connectivity index is 2.12. The van der Waals surface area contributed by atoms with Gasteiger partial charge in [-0.1, -0.05) is 11.6 Å². The number of nitrogens with one attached hydrogen (secondary N) is 1.